The van der Waals surface area contributed by atoms with Crippen LogP contribution in [0.1, 0.15) is 0 Å². The molecule has 0 bridgehead atoms. The monoisotopic (exact) mass is 518 g/mol. The van der Waals surface area contributed by atoms with Crippen molar-refractivity contribution in [3.05, 3.63) is 152 Å². The first kappa shape index (κ1) is 23.3. The number of fused-ring (bicyclic) bond motifs is 3. The van der Waals surface area contributed by atoms with Gasteiger partial charge in [0.05, 0.1) is 0 Å². The van der Waals surface area contributed by atoms with E-state index in [0.717, 1.165) is 28.4 Å². The smallest absolute Gasteiger partial charge is 0.0476 e. The number of rotatable bonds is 6. The van der Waals surface area contributed by atoms with Gasteiger partial charge >= 0.3 is 0 Å². The summed E-state index contributed by atoms with van der Waals surface area (Å²) in [5, 5.41) is 6.07. The van der Waals surface area contributed by atoms with Crippen LogP contribution in [0.25, 0.3) is 31.3 Å². The van der Waals surface area contributed by atoms with Crippen molar-refractivity contribution in [3.63, 3.8) is 0 Å². The molecule has 2 nitrogen and oxygen atoms in total. The summed E-state index contributed by atoms with van der Waals surface area (Å²) in [6, 6.07) is 53.8. The molecule has 186 valence electrons. The minimum Gasteiger partial charge on any atom is -0.356 e. The third kappa shape index (κ3) is 4.65. The maximum Gasteiger partial charge on any atom is 0.0476 e. The van der Waals surface area contributed by atoms with Crippen LogP contribution in [0.5, 0.6) is 0 Å². The lowest BCUT2D eigenvalue weighted by atomic mass is 10.0. The third-order valence-corrected chi connectivity index (χ3v) is 8.16. The standard InChI is InChI=1S/C36H26N2S/c1-4-10-28(11-5-1)37-29-19-16-26(17-20-29)27-18-23-35-34(24-27)33-22-21-32(25-36(33)39-35)38(30-12-6-2-7-13-30)31-14-8-3-9-15-31/h1-25,37H. The Morgan fingerprint density at radius 2 is 1.00 bits per heavy atom. The van der Waals surface area contributed by atoms with Gasteiger partial charge in [0.1, 0.15) is 0 Å². The number of para-hydroxylation sites is 3. The van der Waals surface area contributed by atoms with E-state index in [-0.39, 0.29) is 0 Å². The largest absolute Gasteiger partial charge is 0.356 e. The lowest BCUT2D eigenvalue weighted by Gasteiger charge is -2.25. The van der Waals surface area contributed by atoms with Gasteiger partial charge in [-0.3, -0.25) is 0 Å². The first-order valence-corrected chi connectivity index (χ1v) is 13.9. The molecule has 0 unspecified atom stereocenters. The molecular weight excluding hydrogens is 492 g/mol. The maximum absolute atomic E-state index is 3.47. The molecule has 0 saturated carbocycles. The highest BCUT2D eigenvalue weighted by atomic mass is 32.1. The van der Waals surface area contributed by atoms with Crippen LogP contribution < -0.4 is 10.2 Å². The van der Waals surface area contributed by atoms with Crippen LogP contribution in [-0.4, -0.2) is 0 Å². The molecule has 0 fully saturated rings. The van der Waals surface area contributed by atoms with E-state index in [0.29, 0.717) is 0 Å². The summed E-state index contributed by atoms with van der Waals surface area (Å²) in [5.74, 6) is 0. The van der Waals surface area contributed by atoms with Crippen molar-refractivity contribution in [2.24, 2.45) is 0 Å². The molecule has 0 spiro atoms. The summed E-state index contributed by atoms with van der Waals surface area (Å²) < 4.78 is 2.60. The second-order valence-electron chi connectivity index (χ2n) is 9.57. The predicted molar refractivity (Wildman–Crippen MR) is 169 cm³/mol. The van der Waals surface area contributed by atoms with Crippen molar-refractivity contribution >= 4 is 59.9 Å². The highest BCUT2D eigenvalue weighted by Gasteiger charge is 2.14. The molecule has 39 heavy (non-hydrogen) atoms. The normalized spacial score (nSPS) is 11.1. The summed E-state index contributed by atoms with van der Waals surface area (Å²) in [4.78, 5) is 2.32. The average molecular weight is 519 g/mol. The van der Waals surface area contributed by atoms with Gasteiger partial charge in [0.15, 0.2) is 0 Å². The van der Waals surface area contributed by atoms with E-state index in [9.17, 15) is 0 Å². The molecule has 7 rings (SSSR count). The fourth-order valence-corrected chi connectivity index (χ4v) is 6.24. The third-order valence-electron chi connectivity index (χ3n) is 7.02. The first-order chi connectivity index (χ1) is 19.3. The van der Waals surface area contributed by atoms with Crippen LogP contribution >= 0.6 is 11.3 Å². The first-order valence-electron chi connectivity index (χ1n) is 13.1. The number of hydrogen-bond acceptors (Lipinski definition) is 3. The van der Waals surface area contributed by atoms with E-state index in [1.807, 2.05) is 29.5 Å². The van der Waals surface area contributed by atoms with Crippen LogP contribution in [0.2, 0.25) is 0 Å². The molecule has 0 amide bonds. The second kappa shape index (κ2) is 10.1. The topological polar surface area (TPSA) is 15.3 Å². The zero-order valence-electron chi connectivity index (χ0n) is 21.3. The van der Waals surface area contributed by atoms with Crippen LogP contribution in [0.3, 0.4) is 0 Å². The van der Waals surface area contributed by atoms with E-state index in [4.69, 9.17) is 0 Å². The Morgan fingerprint density at radius 3 is 1.67 bits per heavy atom. The number of anilines is 5. The number of nitrogens with one attached hydrogen (secondary N) is 1. The lowest BCUT2D eigenvalue weighted by Crippen LogP contribution is -2.09. The second-order valence-corrected chi connectivity index (χ2v) is 10.7. The molecule has 6 aromatic carbocycles. The van der Waals surface area contributed by atoms with E-state index >= 15 is 0 Å². The Hall–Kier alpha value is -4.86. The van der Waals surface area contributed by atoms with Crippen LogP contribution in [0.15, 0.2) is 152 Å². The Morgan fingerprint density at radius 1 is 0.410 bits per heavy atom. The molecule has 0 aliphatic heterocycles. The predicted octanol–water partition coefficient (Wildman–Crippen LogP) is 10.9. The summed E-state index contributed by atoms with van der Waals surface area (Å²) >= 11 is 1.85. The number of thiophene rings is 1. The molecule has 0 aliphatic carbocycles. The molecule has 0 saturated heterocycles. The van der Waals surface area contributed by atoms with Gasteiger partial charge in [-0.25, -0.2) is 0 Å². The van der Waals surface area contributed by atoms with E-state index in [1.165, 1.54) is 31.3 Å². The fraction of sp³-hybridized carbons (Fsp3) is 0. The van der Waals surface area contributed by atoms with Crippen molar-refractivity contribution in [3.8, 4) is 11.1 Å². The Labute approximate surface area is 232 Å². The van der Waals surface area contributed by atoms with Gasteiger partial charge in [-0.1, -0.05) is 78.9 Å². The molecule has 1 heterocycles. The SMILES string of the molecule is c1ccc(Nc2ccc(-c3ccc4sc5cc(N(c6ccccc6)c6ccccc6)ccc5c4c3)cc2)cc1. The molecule has 0 aliphatic rings. The molecular formula is C36H26N2S. The Kier molecular flexibility index (Phi) is 6.04. The van der Waals surface area contributed by atoms with Crippen molar-refractivity contribution in [1.29, 1.82) is 0 Å². The van der Waals surface area contributed by atoms with Crippen LogP contribution in [0, 0.1) is 0 Å². The highest BCUT2D eigenvalue weighted by Crippen LogP contribution is 2.41. The molecule has 0 radical (unpaired) electrons. The Bertz CT molecular complexity index is 1820. The summed E-state index contributed by atoms with van der Waals surface area (Å²) in [6.45, 7) is 0. The van der Waals surface area contributed by atoms with E-state index in [1.54, 1.807) is 0 Å². The fourth-order valence-electron chi connectivity index (χ4n) is 5.12. The van der Waals surface area contributed by atoms with Crippen LogP contribution in [-0.2, 0) is 0 Å². The molecule has 3 heteroatoms. The minimum atomic E-state index is 1.08. The van der Waals surface area contributed by atoms with Gasteiger partial charge in [0.2, 0.25) is 0 Å². The number of benzene rings is 6. The van der Waals surface area contributed by atoms with Crippen molar-refractivity contribution in [2.75, 3.05) is 10.2 Å². The molecule has 0 atom stereocenters. The van der Waals surface area contributed by atoms with Crippen molar-refractivity contribution in [1.82, 2.24) is 0 Å². The maximum atomic E-state index is 3.47. The van der Waals surface area contributed by atoms with E-state index < -0.39 is 0 Å². The lowest BCUT2D eigenvalue weighted by molar-refractivity contribution is 1.29. The highest BCUT2D eigenvalue weighted by molar-refractivity contribution is 7.25. The van der Waals surface area contributed by atoms with Gasteiger partial charge in [-0.05, 0) is 83.9 Å². The quantitative estimate of drug-likeness (QED) is 0.235. The number of nitrogens with zero attached hydrogens (tertiary/aromatic N) is 1. The number of hydrogen-bond donors (Lipinski definition) is 1. The molecule has 1 aromatic heterocycles. The van der Waals surface area contributed by atoms with Gasteiger partial charge < -0.3 is 10.2 Å². The van der Waals surface area contributed by atoms with Crippen LogP contribution in [0.4, 0.5) is 28.4 Å². The van der Waals surface area contributed by atoms with Gasteiger partial charge in [0, 0.05) is 48.6 Å². The minimum absolute atomic E-state index is 1.08. The summed E-state index contributed by atoms with van der Waals surface area (Å²) in [7, 11) is 0. The molecule has 1 N–H and O–H groups in total. The van der Waals surface area contributed by atoms with Gasteiger partial charge in [0.25, 0.3) is 0 Å². The summed E-state index contributed by atoms with van der Waals surface area (Å²) in [5.41, 5.74) is 8.08. The zero-order chi connectivity index (χ0) is 26.0. The van der Waals surface area contributed by atoms with E-state index in [2.05, 4.69) is 144 Å². The Balaban J connectivity index is 1.24. The average Bonchev–Trinajstić information content (AvgIpc) is 3.37. The zero-order valence-corrected chi connectivity index (χ0v) is 22.1. The molecule has 7 aromatic rings. The summed E-state index contributed by atoms with van der Waals surface area (Å²) in [6.07, 6.45) is 0. The van der Waals surface area contributed by atoms with Crippen molar-refractivity contribution < 1.29 is 0 Å². The van der Waals surface area contributed by atoms with Crippen molar-refractivity contribution in [2.45, 2.75) is 0 Å². The van der Waals surface area contributed by atoms with Gasteiger partial charge in [-0.2, -0.15) is 0 Å². The van der Waals surface area contributed by atoms with Gasteiger partial charge in [-0.15, -0.1) is 11.3 Å².